The van der Waals surface area contributed by atoms with Crippen LogP contribution < -0.4 is 15.0 Å². The molecule has 0 unspecified atom stereocenters. The molecule has 0 saturated heterocycles. The van der Waals surface area contributed by atoms with E-state index in [0.29, 0.717) is 16.9 Å². The molecule has 2 aromatic heterocycles. The van der Waals surface area contributed by atoms with Crippen LogP contribution in [0, 0.1) is 11.6 Å². The smallest absolute Gasteiger partial charge is 0.344 e. The molecule has 0 amide bonds. The molecule has 34 heavy (non-hydrogen) atoms. The fourth-order valence-corrected chi connectivity index (χ4v) is 3.34. The largest absolute Gasteiger partial charge is 0.493 e. The van der Waals surface area contributed by atoms with E-state index in [1.54, 1.807) is 32.0 Å². The first kappa shape index (κ1) is 22.8. The fraction of sp³-hybridized carbons (Fsp3) is 0.227. The summed E-state index contributed by atoms with van der Waals surface area (Å²) in [6, 6.07) is 6.95. The van der Waals surface area contributed by atoms with Gasteiger partial charge in [0.25, 0.3) is 5.56 Å². The molecule has 0 aliphatic carbocycles. The van der Waals surface area contributed by atoms with Crippen molar-refractivity contribution in [3.63, 3.8) is 0 Å². The van der Waals surface area contributed by atoms with Crippen LogP contribution in [0.5, 0.6) is 11.5 Å². The van der Waals surface area contributed by atoms with Gasteiger partial charge in [-0.2, -0.15) is 4.39 Å². The van der Waals surface area contributed by atoms with E-state index in [9.17, 15) is 23.5 Å². The molecule has 2 heterocycles. The summed E-state index contributed by atoms with van der Waals surface area (Å²) in [7, 11) is 0. The number of aromatic amines is 2. The highest BCUT2D eigenvalue weighted by Gasteiger charge is 2.22. The molecular formula is C22H19F2N5O5. The summed E-state index contributed by atoms with van der Waals surface area (Å²) in [5.41, 5.74) is 0.861. The number of H-pyrrole nitrogens is 2. The number of nitrogens with zero attached hydrogens (tertiary/aromatic N) is 3. The standard InChI is InChI=1S/C22H19F2N5O5/c1-3-14(22(31)32)34-16-9-11(7-13(23)17(16)24)10-5-6-12(15(8-10)33-4-2)19-25-20-18(21(30)26-19)27-29-28-20/h5-9,14H,3-4H2,1-2H3,(H,31,32)(H2,25,26,27,28,29,30)/t14-/m1/s1. The number of hydrogen-bond acceptors (Lipinski definition) is 7. The highest BCUT2D eigenvalue weighted by molar-refractivity contribution is 5.77. The van der Waals surface area contributed by atoms with Crippen LogP contribution in [0.25, 0.3) is 33.7 Å². The van der Waals surface area contributed by atoms with Crippen molar-refractivity contribution in [3.8, 4) is 34.0 Å². The lowest BCUT2D eigenvalue weighted by molar-refractivity contribution is -0.145. The van der Waals surface area contributed by atoms with Crippen LogP contribution >= 0.6 is 0 Å². The summed E-state index contributed by atoms with van der Waals surface area (Å²) in [4.78, 5) is 30.5. The topological polar surface area (TPSA) is 143 Å². The lowest BCUT2D eigenvalue weighted by Crippen LogP contribution is -2.26. The highest BCUT2D eigenvalue weighted by Crippen LogP contribution is 2.35. The molecule has 3 N–H and O–H groups in total. The van der Waals surface area contributed by atoms with Crippen molar-refractivity contribution >= 4 is 17.1 Å². The predicted octanol–water partition coefficient (Wildman–Crippen LogP) is 3.29. The minimum atomic E-state index is -1.33. The Morgan fingerprint density at radius 2 is 1.91 bits per heavy atom. The maximum Gasteiger partial charge on any atom is 0.344 e. The van der Waals surface area contributed by atoms with Gasteiger partial charge in [0.2, 0.25) is 5.82 Å². The summed E-state index contributed by atoms with van der Waals surface area (Å²) in [6.45, 7) is 3.59. The van der Waals surface area contributed by atoms with Gasteiger partial charge in [-0.25, -0.2) is 19.3 Å². The van der Waals surface area contributed by atoms with E-state index in [1.165, 1.54) is 6.07 Å². The van der Waals surface area contributed by atoms with Gasteiger partial charge in [-0.05, 0) is 48.7 Å². The Balaban J connectivity index is 1.79. The van der Waals surface area contributed by atoms with Gasteiger partial charge in [-0.1, -0.05) is 18.2 Å². The fourth-order valence-electron chi connectivity index (χ4n) is 3.34. The third-order valence-electron chi connectivity index (χ3n) is 4.98. The van der Waals surface area contributed by atoms with Crippen LogP contribution in [0.1, 0.15) is 20.3 Å². The summed E-state index contributed by atoms with van der Waals surface area (Å²) < 4.78 is 39.6. The second kappa shape index (κ2) is 9.25. The summed E-state index contributed by atoms with van der Waals surface area (Å²) >= 11 is 0. The molecule has 0 aliphatic heterocycles. The molecule has 2 aromatic carbocycles. The van der Waals surface area contributed by atoms with Gasteiger partial charge in [0.15, 0.2) is 28.8 Å². The summed E-state index contributed by atoms with van der Waals surface area (Å²) in [5.74, 6) is -3.78. The monoisotopic (exact) mass is 471 g/mol. The van der Waals surface area contributed by atoms with Crippen LogP contribution in [0.3, 0.4) is 0 Å². The highest BCUT2D eigenvalue weighted by atomic mass is 19.2. The molecule has 10 nitrogen and oxygen atoms in total. The van der Waals surface area contributed by atoms with Gasteiger partial charge in [0, 0.05) is 0 Å². The second-order valence-electron chi connectivity index (χ2n) is 7.19. The van der Waals surface area contributed by atoms with Crippen molar-refractivity contribution in [3.05, 3.63) is 52.3 Å². The van der Waals surface area contributed by atoms with Gasteiger partial charge in [-0.15, -0.1) is 5.10 Å². The molecule has 0 aliphatic rings. The van der Waals surface area contributed by atoms with E-state index in [0.717, 1.165) is 6.07 Å². The van der Waals surface area contributed by atoms with E-state index in [1.807, 2.05) is 0 Å². The number of hydrogen-bond donors (Lipinski definition) is 3. The molecule has 176 valence electrons. The zero-order valence-corrected chi connectivity index (χ0v) is 18.1. The summed E-state index contributed by atoms with van der Waals surface area (Å²) in [5, 5.41) is 19.0. The number of carboxylic acids is 1. The number of aromatic nitrogens is 5. The maximum atomic E-state index is 14.3. The van der Waals surface area contributed by atoms with E-state index >= 15 is 0 Å². The lowest BCUT2D eigenvalue weighted by atomic mass is 10.0. The molecule has 4 aromatic rings. The van der Waals surface area contributed by atoms with E-state index in [-0.39, 0.29) is 35.6 Å². The zero-order valence-electron chi connectivity index (χ0n) is 18.1. The molecule has 12 heteroatoms. The maximum absolute atomic E-state index is 14.3. The van der Waals surface area contributed by atoms with Gasteiger partial charge in [0.1, 0.15) is 11.6 Å². The third-order valence-corrected chi connectivity index (χ3v) is 4.98. The van der Waals surface area contributed by atoms with Gasteiger partial charge in [0.05, 0.1) is 12.2 Å². The summed E-state index contributed by atoms with van der Waals surface area (Å²) in [6.07, 6.45) is -1.27. The van der Waals surface area contributed by atoms with E-state index in [2.05, 4.69) is 25.4 Å². The second-order valence-corrected chi connectivity index (χ2v) is 7.19. The first-order chi connectivity index (χ1) is 16.3. The number of ether oxygens (including phenoxy) is 2. The average Bonchev–Trinajstić information content (AvgIpc) is 3.29. The zero-order chi connectivity index (χ0) is 24.4. The number of rotatable bonds is 8. The van der Waals surface area contributed by atoms with E-state index < -0.39 is 35.0 Å². The van der Waals surface area contributed by atoms with Gasteiger partial charge >= 0.3 is 5.97 Å². The van der Waals surface area contributed by atoms with Crippen molar-refractivity contribution in [2.45, 2.75) is 26.4 Å². The molecule has 0 bridgehead atoms. The van der Waals surface area contributed by atoms with Gasteiger partial charge in [-0.3, -0.25) is 4.79 Å². The number of fused-ring (bicyclic) bond motifs is 1. The lowest BCUT2D eigenvalue weighted by Gasteiger charge is -2.16. The molecule has 0 fully saturated rings. The quantitative estimate of drug-likeness (QED) is 0.355. The van der Waals surface area contributed by atoms with Crippen LogP contribution in [0.15, 0.2) is 35.1 Å². The molecule has 0 saturated carbocycles. The van der Waals surface area contributed by atoms with E-state index in [4.69, 9.17) is 9.47 Å². The number of halogens is 2. The number of carbonyl (C=O) groups is 1. The number of carboxylic acid groups (broad SMARTS) is 1. The molecule has 0 radical (unpaired) electrons. The van der Waals surface area contributed by atoms with Crippen LogP contribution in [-0.4, -0.2) is 49.2 Å². The molecule has 0 spiro atoms. The number of benzene rings is 2. The first-order valence-corrected chi connectivity index (χ1v) is 10.3. The molecule has 4 rings (SSSR count). The Bertz CT molecular complexity index is 1440. The van der Waals surface area contributed by atoms with Crippen molar-refractivity contribution in [1.82, 2.24) is 25.4 Å². The van der Waals surface area contributed by atoms with Crippen LogP contribution in [0.4, 0.5) is 8.78 Å². The minimum Gasteiger partial charge on any atom is -0.493 e. The minimum absolute atomic E-state index is 0.0550. The Hall–Kier alpha value is -4.35. The van der Waals surface area contributed by atoms with Crippen LogP contribution in [-0.2, 0) is 4.79 Å². The van der Waals surface area contributed by atoms with Crippen molar-refractivity contribution in [2.75, 3.05) is 6.61 Å². The molecule has 1 atom stereocenters. The Morgan fingerprint density at radius 3 is 2.62 bits per heavy atom. The van der Waals surface area contributed by atoms with Crippen LogP contribution in [0.2, 0.25) is 0 Å². The predicted molar refractivity (Wildman–Crippen MR) is 117 cm³/mol. The number of nitrogens with one attached hydrogen (secondary N) is 2. The number of aliphatic carboxylic acids is 1. The van der Waals surface area contributed by atoms with Crippen molar-refractivity contribution < 1.29 is 28.2 Å². The average molecular weight is 471 g/mol. The van der Waals surface area contributed by atoms with Crippen molar-refractivity contribution in [1.29, 1.82) is 0 Å². The Morgan fingerprint density at radius 1 is 1.15 bits per heavy atom. The Kier molecular flexibility index (Phi) is 6.21. The van der Waals surface area contributed by atoms with Crippen molar-refractivity contribution in [2.24, 2.45) is 0 Å². The third kappa shape index (κ3) is 4.29. The first-order valence-electron chi connectivity index (χ1n) is 10.3. The van der Waals surface area contributed by atoms with Gasteiger partial charge < -0.3 is 19.6 Å². The SMILES string of the molecule is CCOc1cc(-c2cc(F)c(F)c(O[C@H](CC)C(=O)O)c2)ccc1-c1nc2[nH]nnc2c(=O)[nH]1. The normalized spacial score (nSPS) is 12.0. The Labute approximate surface area is 190 Å². The molecular weight excluding hydrogens is 452 g/mol.